The van der Waals surface area contributed by atoms with Crippen LogP contribution in [0.3, 0.4) is 0 Å². The Kier molecular flexibility index (Phi) is 4.51. The van der Waals surface area contributed by atoms with Crippen LogP contribution in [0, 0.1) is 10.1 Å². The molecule has 7 heteroatoms. The van der Waals surface area contributed by atoms with Gasteiger partial charge in [0.05, 0.1) is 4.92 Å². The van der Waals surface area contributed by atoms with Crippen LogP contribution in [0.15, 0.2) is 0 Å². The normalized spacial score (nSPS) is 22.9. The summed E-state index contributed by atoms with van der Waals surface area (Å²) in [7, 11) is 1.78. The Bertz CT molecular complexity index is 526. The number of anilines is 1. The maximum Gasteiger partial charge on any atom is 0.334 e. The third kappa shape index (κ3) is 2.74. The molecule has 7 nitrogen and oxygen atoms in total. The quantitative estimate of drug-likeness (QED) is 0.679. The van der Waals surface area contributed by atoms with E-state index in [9.17, 15) is 10.1 Å². The lowest BCUT2D eigenvalue weighted by Gasteiger charge is -2.41. The molecule has 1 aliphatic rings. The smallest absolute Gasteiger partial charge is 0.334 e. The Morgan fingerprint density at radius 1 is 1.48 bits per heavy atom. The van der Waals surface area contributed by atoms with Crippen LogP contribution in [-0.4, -0.2) is 33.3 Å². The fourth-order valence-electron chi connectivity index (χ4n) is 3.28. The molecular weight excluding hydrogens is 270 g/mol. The highest BCUT2D eigenvalue weighted by molar-refractivity contribution is 5.63. The van der Waals surface area contributed by atoms with E-state index in [0.717, 1.165) is 19.3 Å². The molecule has 21 heavy (non-hydrogen) atoms. The van der Waals surface area contributed by atoms with Gasteiger partial charge in [-0.3, -0.25) is 10.1 Å². The lowest BCUT2D eigenvalue weighted by atomic mass is 9.96. The zero-order chi connectivity index (χ0) is 15.7. The van der Waals surface area contributed by atoms with Crippen molar-refractivity contribution in [3.63, 3.8) is 0 Å². The topological polar surface area (TPSA) is 90.2 Å². The third-order valence-electron chi connectivity index (χ3n) is 4.29. The summed E-state index contributed by atoms with van der Waals surface area (Å²) in [6.45, 7) is 6.47. The number of aryl methyl sites for hydroxylation is 1. The molecule has 2 rings (SSSR count). The van der Waals surface area contributed by atoms with Crippen molar-refractivity contribution in [3.8, 4) is 0 Å². The standard InChI is InChI=1S/C14H25N5O2/c1-9(2)12-13(19(20)21)14(17(4)16-12)18-10(3)6-5-7-11(18)8-15/h9-11H,5-8,15H2,1-4H3. The van der Waals surface area contributed by atoms with Gasteiger partial charge in [-0.05, 0) is 26.2 Å². The Morgan fingerprint density at radius 3 is 2.67 bits per heavy atom. The highest BCUT2D eigenvalue weighted by atomic mass is 16.6. The molecular formula is C14H25N5O2. The second kappa shape index (κ2) is 6.01. The third-order valence-corrected chi connectivity index (χ3v) is 4.29. The molecule has 0 aliphatic carbocycles. The van der Waals surface area contributed by atoms with E-state index in [0.29, 0.717) is 18.1 Å². The van der Waals surface area contributed by atoms with E-state index < -0.39 is 0 Å². The first kappa shape index (κ1) is 15.8. The number of nitrogens with two attached hydrogens (primary N) is 1. The summed E-state index contributed by atoms with van der Waals surface area (Å²) in [6.07, 6.45) is 3.11. The molecule has 1 aromatic heterocycles. The van der Waals surface area contributed by atoms with Gasteiger partial charge in [-0.15, -0.1) is 0 Å². The molecule has 1 fully saturated rings. The van der Waals surface area contributed by atoms with E-state index in [-0.39, 0.29) is 28.6 Å². The molecule has 2 heterocycles. The molecule has 1 saturated heterocycles. The van der Waals surface area contributed by atoms with Gasteiger partial charge in [0, 0.05) is 31.6 Å². The highest BCUT2D eigenvalue weighted by Crippen LogP contribution is 2.39. The zero-order valence-corrected chi connectivity index (χ0v) is 13.2. The zero-order valence-electron chi connectivity index (χ0n) is 13.2. The second-order valence-electron chi connectivity index (χ2n) is 6.17. The maximum absolute atomic E-state index is 11.6. The van der Waals surface area contributed by atoms with Gasteiger partial charge in [-0.25, -0.2) is 4.68 Å². The van der Waals surface area contributed by atoms with Crippen LogP contribution in [-0.2, 0) is 7.05 Å². The first-order valence-electron chi connectivity index (χ1n) is 7.58. The van der Waals surface area contributed by atoms with Crippen molar-refractivity contribution in [2.24, 2.45) is 12.8 Å². The van der Waals surface area contributed by atoms with Gasteiger partial charge < -0.3 is 10.6 Å². The van der Waals surface area contributed by atoms with Crippen molar-refractivity contribution in [1.29, 1.82) is 0 Å². The van der Waals surface area contributed by atoms with Gasteiger partial charge in [0.1, 0.15) is 5.69 Å². The molecule has 1 aromatic rings. The van der Waals surface area contributed by atoms with E-state index in [1.807, 2.05) is 13.8 Å². The van der Waals surface area contributed by atoms with E-state index in [2.05, 4.69) is 16.9 Å². The van der Waals surface area contributed by atoms with E-state index in [4.69, 9.17) is 5.73 Å². The summed E-state index contributed by atoms with van der Waals surface area (Å²) in [5.41, 5.74) is 6.58. The van der Waals surface area contributed by atoms with Crippen LogP contribution in [0.5, 0.6) is 0 Å². The second-order valence-corrected chi connectivity index (χ2v) is 6.17. The van der Waals surface area contributed by atoms with Gasteiger partial charge in [-0.1, -0.05) is 13.8 Å². The van der Waals surface area contributed by atoms with Crippen LogP contribution in [0.4, 0.5) is 11.5 Å². The molecule has 0 aromatic carbocycles. The average molecular weight is 295 g/mol. The lowest BCUT2D eigenvalue weighted by Crippen LogP contribution is -2.50. The SMILES string of the molecule is CC(C)c1nn(C)c(N2C(C)CCCC2CN)c1[N+](=O)[O-]. The van der Waals surface area contributed by atoms with Gasteiger partial charge in [0.15, 0.2) is 0 Å². The molecule has 2 N–H and O–H groups in total. The van der Waals surface area contributed by atoms with Gasteiger partial charge in [0.25, 0.3) is 0 Å². The molecule has 0 saturated carbocycles. The van der Waals surface area contributed by atoms with Crippen LogP contribution >= 0.6 is 0 Å². The molecule has 2 unspecified atom stereocenters. The minimum atomic E-state index is -0.299. The lowest BCUT2D eigenvalue weighted by molar-refractivity contribution is -0.385. The molecule has 1 aliphatic heterocycles. The van der Waals surface area contributed by atoms with Crippen molar-refractivity contribution in [1.82, 2.24) is 9.78 Å². The Morgan fingerprint density at radius 2 is 2.14 bits per heavy atom. The van der Waals surface area contributed by atoms with Gasteiger partial charge in [0.2, 0.25) is 5.82 Å². The first-order valence-corrected chi connectivity index (χ1v) is 7.58. The van der Waals surface area contributed by atoms with Crippen molar-refractivity contribution in [2.45, 2.75) is 58.0 Å². The predicted octanol–water partition coefficient (Wildman–Crippen LogP) is 2.16. The molecule has 0 spiro atoms. The van der Waals surface area contributed by atoms with Crippen LogP contribution in [0.1, 0.15) is 51.6 Å². The fraction of sp³-hybridized carbons (Fsp3) is 0.786. The summed E-state index contributed by atoms with van der Waals surface area (Å²) < 4.78 is 1.65. The number of piperidine rings is 1. The Labute approximate surface area is 125 Å². The minimum Gasteiger partial charge on any atom is -0.344 e. The molecule has 0 amide bonds. The van der Waals surface area contributed by atoms with Crippen molar-refractivity contribution in [2.75, 3.05) is 11.4 Å². The van der Waals surface area contributed by atoms with Crippen molar-refractivity contribution >= 4 is 11.5 Å². The first-order chi connectivity index (χ1) is 9.88. The number of aromatic nitrogens is 2. The Balaban J connectivity index is 2.58. The number of rotatable bonds is 4. The maximum atomic E-state index is 11.6. The largest absolute Gasteiger partial charge is 0.344 e. The van der Waals surface area contributed by atoms with Gasteiger partial charge in [-0.2, -0.15) is 5.10 Å². The van der Waals surface area contributed by atoms with E-state index in [1.165, 1.54) is 0 Å². The van der Waals surface area contributed by atoms with Crippen LogP contribution in [0.25, 0.3) is 0 Å². The van der Waals surface area contributed by atoms with Crippen LogP contribution < -0.4 is 10.6 Å². The summed E-state index contributed by atoms with van der Waals surface area (Å²) in [5.74, 6) is 0.619. The predicted molar refractivity (Wildman–Crippen MR) is 82.6 cm³/mol. The summed E-state index contributed by atoms with van der Waals surface area (Å²) in [4.78, 5) is 13.4. The summed E-state index contributed by atoms with van der Waals surface area (Å²) in [5, 5.41) is 16.0. The van der Waals surface area contributed by atoms with E-state index in [1.54, 1.807) is 11.7 Å². The molecule has 2 atom stereocenters. The minimum absolute atomic E-state index is 0.0155. The summed E-state index contributed by atoms with van der Waals surface area (Å²) in [6, 6.07) is 0.379. The highest BCUT2D eigenvalue weighted by Gasteiger charge is 2.37. The molecule has 0 radical (unpaired) electrons. The number of hydrogen-bond acceptors (Lipinski definition) is 5. The van der Waals surface area contributed by atoms with Crippen LogP contribution in [0.2, 0.25) is 0 Å². The number of hydrogen-bond donors (Lipinski definition) is 1. The Hall–Kier alpha value is -1.63. The average Bonchev–Trinajstić information content (AvgIpc) is 2.76. The van der Waals surface area contributed by atoms with Crippen molar-refractivity contribution in [3.05, 3.63) is 15.8 Å². The van der Waals surface area contributed by atoms with E-state index >= 15 is 0 Å². The monoisotopic (exact) mass is 295 g/mol. The number of nitro groups is 1. The van der Waals surface area contributed by atoms with Gasteiger partial charge >= 0.3 is 5.69 Å². The molecule has 118 valence electrons. The molecule has 0 bridgehead atoms. The summed E-state index contributed by atoms with van der Waals surface area (Å²) >= 11 is 0. The number of nitrogens with zero attached hydrogens (tertiary/aromatic N) is 4. The van der Waals surface area contributed by atoms with Crippen molar-refractivity contribution < 1.29 is 4.92 Å². The fourth-order valence-corrected chi connectivity index (χ4v) is 3.28.